The summed E-state index contributed by atoms with van der Waals surface area (Å²) in [5.41, 5.74) is 1.60. The quantitative estimate of drug-likeness (QED) is 0.789. The van der Waals surface area contributed by atoms with Crippen molar-refractivity contribution in [1.29, 1.82) is 0 Å². The SMILES string of the molecule is CCOc1ccccc1NC(=S)NC(=O)Cc1ccc(OC)cc1. The predicted molar refractivity (Wildman–Crippen MR) is 98.7 cm³/mol. The molecule has 24 heavy (non-hydrogen) atoms. The summed E-state index contributed by atoms with van der Waals surface area (Å²) in [4.78, 5) is 12.1. The molecule has 0 heterocycles. The van der Waals surface area contributed by atoms with Gasteiger partial charge in [0.2, 0.25) is 5.91 Å². The summed E-state index contributed by atoms with van der Waals surface area (Å²) < 4.78 is 10.6. The standard InChI is InChI=1S/C18H20N2O3S/c1-3-23-16-7-5-4-6-15(16)19-18(24)20-17(21)12-13-8-10-14(22-2)11-9-13/h4-11H,3,12H2,1-2H3,(H2,19,20,21,24). The maximum absolute atomic E-state index is 12.1. The highest BCUT2D eigenvalue weighted by Crippen LogP contribution is 2.23. The molecule has 0 saturated heterocycles. The van der Waals surface area contributed by atoms with Crippen molar-refractivity contribution < 1.29 is 14.3 Å². The van der Waals surface area contributed by atoms with Crippen molar-refractivity contribution in [2.45, 2.75) is 13.3 Å². The lowest BCUT2D eigenvalue weighted by atomic mass is 10.1. The van der Waals surface area contributed by atoms with Crippen LogP contribution in [0.25, 0.3) is 0 Å². The Hall–Kier alpha value is -2.60. The molecule has 2 N–H and O–H groups in total. The van der Waals surface area contributed by atoms with E-state index in [1.54, 1.807) is 7.11 Å². The first kappa shape index (κ1) is 17.7. The van der Waals surface area contributed by atoms with E-state index in [0.717, 1.165) is 11.3 Å². The molecule has 2 rings (SSSR count). The number of anilines is 1. The summed E-state index contributed by atoms with van der Waals surface area (Å²) in [7, 11) is 1.60. The highest BCUT2D eigenvalue weighted by molar-refractivity contribution is 7.80. The molecule has 0 aromatic heterocycles. The third-order valence-electron chi connectivity index (χ3n) is 3.21. The van der Waals surface area contributed by atoms with E-state index in [1.807, 2.05) is 55.5 Å². The molecule has 0 aliphatic rings. The number of methoxy groups -OCH3 is 1. The number of hydrogen-bond donors (Lipinski definition) is 2. The van der Waals surface area contributed by atoms with Crippen LogP contribution >= 0.6 is 12.2 Å². The third-order valence-corrected chi connectivity index (χ3v) is 3.42. The van der Waals surface area contributed by atoms with Crippen molar-refractivity contribution in [2.24, 2.45) is 0 Å². The van der Waals surface area contributed by atoms with Crippen LogP contribution in [0.2, 0.25) is 0 Å². The van der Waals surface area contributed by atoms with Gasteiger partial charge in [0, 0.05) is 0 Å². The number of carbonyl (C=O) groups excluding carboxylic acids is 1. The van der Waals surface area contributed by atoms with Crippen LogP contribution in [0.1, 0.15) is 12.5 Å². The van der Waals surface area contributed by atoms with E-state index in [4.69, 9.17) is 21.7 Å². The molecule has 5 nitrogen and oxygen atoms in total. The lowest BCUT2D eigenvalue weighted by molar-refractivity contribution is -0.119. The van der Waals surface area contributed by atoms with Gasteiger partial charge >= 0.3 is 0 Å². The first-order chi connectivity index (χ1) is 11.6. The highest BCUT2D eigenvalue weighted by Gasteiger charge is 2.09. The van der Waals surface area contributed by atoms with Crippen molar-refractivity contribution in [3.8, 4) is 11.5 Å². The van der Waals surface area contributed by atoms with Gasteiger partial charge in [0.05, 0.1) is 25.8 Å². The number of ether oxygens (including phenoxy) is 2. The fourth-order valence-corrected chi connectivity index (χ4v) is 2.33. The normalized spacial score (nSPS) is 9.92. The Morgan fingerprint density at radius 2 is 1.83 bits per heavy atom. The molecule has 2 aromatic carbocycles. The Kier molecular flexibility index (Phi) is 6.57. The van der Waals surface area contributed by atoms with Gasteiger partial charge < -0.3 is 20.1 Å². The molecule has 0 aliphatic heterocycles. The number of hydrogen-bond acceptors (Lipinski definition) is 4. The Bertz CT molecular complexity index is 702. The molecule has 6 heteroatoms. The Labute approximate surface area is 147 Å². The van der Waals surface area contributed by atoms with Crippen LogP contribution in [0.3, 0.4) is 0 Å². The molecule has 2 aromatic rings. The molecule has 126 valence electrons. The van der Waals surface area contributed by atoms with Crippen LogP contribution in [0.5, 0.6) is 11.5 Å². The number of thiocarbonyl (C=S) groups is 1. The second-order valence-electron chi connectivity index (χ2n) is 4.96. The van der Waals surface area contributed by atoms with E-state index in [9.17, 15) is 4.79 Å². The number of amides is 1. The zero-order valence-corrected chi connectivity index (χ0v) is 14.5. The fourth-order valence-electron chi connectivity index (χ4n) is 2.10. The van der Waals surface area contributed by atoms with Gasteiger partial charge in [-0.2, -0.15) is 0 Å². The van der Waals surface area contributed by atoms with Crippen LogP contribution in [-0.4, -0.2) is 24.7 Å². The maximum Gasteiger partial charge on any atom is 0.230 e. The maximum atomic E-state index is 12.1. The van der Waals surface area contributed by atoms with Gasteiger partial charge in [-0.1, -0.05) is 24.3 Å². The summed E-state index contributed by atoms with van der Waals surface area (Å²) in [6.45, 7) is 2.46. The van der Waals surface area contributed by atoms with Gasteiger partial charge in [0.25, 0.3) is 0 Å². The van der Waals surface area contributed by atoms with Crippen molar-refractivity contribution >= 4 is 28.9 Å². The van der Waals surface area contributed by atoms with Gasteiger partial charge in [-0.15, -0.1) is 0 Å². The van der Waals surface area contributed by atoms with Crippen LogP contribution in [0.4, 0.5) is 5.69 Å². The minimum atomic E-state index is -0.188. The molecule has 0 bridgehead atoms. The number of rotatable bonds is 6. The average Bonchev–Trinajstić information content (AvgIpc) is 2.57. The average molecular weight is 344 g/mol. The Morgan fingerprint density at radius 3 is 2.50 bits per heavy atom. The van der Waals surface area contributed by atoms with Crippen LogP contribution in [0, 0.1) is 0 Å². The van der Waals surface area contributed by atoms with Gasteiger partial charge in [0.15, 0.2) is 5.11 Å². The van der Waals surface area contributed by atoms with Crippen LogP contribution in [-0.2, 0) is 11.2 Å². The van der Waals surface area contributed by atoms with Crippen LogP contribution < -0.4 is 20.1 Å². The summed E-state index contributed by atoms with van der Waals surface area (Å²) in [6.07, 6.45) is 0.235. The van der Waals surface area contributed by atoms with Gasteiger partial charge in [-0.25, -0.2) is 0 Å². The molecule has 0 saturated carbocycles. The molecular formula is C18H20N2O3S. The highest BCUT2D eigenvalue weighted by atomic mass is 32.1. The monoisotopic (exact) mass is 344 g/mol. The molecular weight excluding hydrogens is 324 g/mol. The summed E-state index contributed by atoms with van der Waals surface area (Å²) in [5.74, 6) is 1.25. The predicted octanol–water partition coefficient (Wildman–Crippen LogP) is 3.15. The van der Waals surface area contributed by atoms with E-state index in [1.165, 1.54) is 0 Å². The van der Waals surface area contributed by atoms with E-state index >= 15 is 0 Å². The second-order valence-corrected chi connectivity index (χ2v) is 5.36. The summed E-state index contributed by atoms with van der Waals surface area (Å²) in [6, 6.07) is 14.8. The van der Waals surface area contributed by atoms with Gasteiger partial charge in [-0.3, -0.25) is 4.79 Å². The molecule has 0 atom stereocenters. The second kappa shape index (κ2) is 8.88. The molecule has 0 fully saturated rings. The van der Waals surface area contributed by atoms with E-state index < -0.39 is 0 Å². The Morgan fingerprint density at radius 1 is 1.12 bits per heavy atom. The Balaban J connectivity index is 1.90. The molecule has 1 amide bonds. The lowest BCUT2D eigenvalue weighted by Gasteiger charge is -2.13. The minimum Gasteiger partial charge on any atom is -0.497 e. The van der Waals surface area contributed by atoms with Crippen molar-refractivity contribution in [2.75, 3.05) is 19.0 Å². The third kappa shape index (κ3) is 5.24. The van der Waals surface area contributed by atoms with Crippen LogP contribution in [0.15, 0.2) is 48.5 Å². The molecule has 0 aliphatic carbocycles. The molecule has 0 radical (unpaired) electrons. The zero-order valence-electron chi connectivity index (χ0n) is 13.7. The number of carbonyl (C=O) groups is 1. The van der Waals surface area contributed by atoms with Crippen molar-refractivity contribution in [1.82, 2.24) is 5.32 Å². The zero-order chi connectivity index (χ0) is 17.4. The minimum absolute atomic E-state index is 0.188. The topological polar surface area (TPSA) is 59.6 Å². The number of benzene rings is 2. The smallest absolute Gasteiger partial charge is 0.230 e. The van der Waals surface area contributed by atoms with E-state index in [-0.39, 0.29) is 17.4 Å². The van der Waals surface area contributed by atoms with E-state index in [0.29, 0.717) is 18.0 Å². The molecule has 0 spiro atoms. The first-order valence-corrected chi connectivity index (χ1v) is 7.98. The largest absolute Gasteiger partial charge is 0.497 e. The van der Waals surface area contributed by atoms with Gasteiger partial charge in [-0.05, 0) is 49.0 Å². The lowest BCUT2D eigenvalue weighted by Crippen LogP contribution is -2.35. The fraction of sp³-hybridized carbons (Fsp3) is 0.222. The number of nitrogens with one attached hydrogen (secondary N) is 2. The summed E-state index contributed by atoms with van der Waals surface area (Å²) in [5, 5.41) is 5.89. The van der Waals surface area contributed by atoms with Gasteiger partial charge in [0.1, 0.15) is 11.5 Å². The summed E-state index contributed by atoms with van der Waals surface area (Å²) >= 11 is 5.19. The first-order valence-electron chi connectivity index (χ1n) is 7.58. The van der Waals surface area contributed by atoms with E-state index in [2.05, 4.69) is 10.6 Å². The number of para-hydroxylation sites is 2. The van der Waals surface area contributed by atoms with Crippen molar-refractivity contribution in [3.05, 3.63) is 54.1 Å². The van der Waals surface area contributed by atoms with Crippen molar-refractivity contribution in [3.63, 3.8) is 0 Å². The molecule has 0 unspecified atom stereocenters.